The number of sulfonamides is 1. The molecule has 10 nitrogen and oxygen atoms in total. The van der Waals surface area contributed by atoms with Crippen LogP contribution in [0.3, 0.4) is 0 Å². The lowest BCUT2D eigenvalue weighted by Gasteiger charge is -2.09. The van der Waals surface area contributed by atoms with Crippen LogP contribution in [0.25, 0.3) is 16.7 Å². The third-order valence-corrected chi connectivity index (χ3v) is 5.82. The van der Waals surface area contributed by atoms with Gasteiger partial charge in [-0.05, 0) is 61.4 Å². The predicted molar refractivity (Wildman–Crippen MR) is 114 cm³/mol. The molecular formula is C20H18N6O4S. The van der Waals surface area contributed by atoms with Crippen molar-refractivity contribution in [2.24, 2.45) is 5.14 Å². The summed E-state index contributed by atoms with van der Waals surface area (Å²) in [7, 11) is -3.87. The monoisotopic (exact) mass is 438 g/mol. The molecule has 0 aliphatic rings. The second kappa shape index (κ2) is 7.45. The van der Waals surface area contributed by atoms with E-state index in [9.17, 15) is 18.0 Å². The SMILES string of the molecule is Cc1ccc(-n2ncc3c(=O)n(NC(=O)c4ccc(S(N)(=O)=O)cc4)cnc32)cc1C. The van der Waals surface area contributed by atoms with Crippen molar-refractivity contribution in [1.82, 2.24) is 19.4 Å². The fraction of sp³-hybridized carbons (Fsp3) is 0.100. The lowest BCUT2D eigenvalue weighted by atomic mass is 10.1. The Morgan fingerprint density at radius 3 is 2.42 bits per heavy atom. The molecule has 0 saturated carbocycles. The number of aryl methyl sites for hydroxylation is 2. The normalized spacial score (nSPS) is 11.6. The van der Waals surface area contributed by atoms with Crippen LogP contribution >= 0.6 is 0 Å². The zero-order valence-corrected chi connectivity index (χ0v) is 17.4. The molecule has 4 rings (SSSR count). The highest BCUT2D eigenvalue weighted by Gasteiger charge is 2.15. The van der Waals surface area contributed by atoms with Gasteiger partial charge in [0, 0.05) is 5.56 Å². The van der Waals surface area contributed by atoms with Crippen LogP contribution in [0.2, 0.25) is 0 Å². The second-order valence-electron chi connectivity index (χ2n) is 6.99. The molecule has 0 bridgehead atoms. The van der Waals surface area contributed by atoms with Crippen LogP contribution in [-0.4, -0.2) is 33.8 Å². The summed E-state index contributed by atoms with van der Waals surface area (Å²) in [6.07, 6.45) is 2.59. The minimum Gasteiger partial charge on any atom is -0.267 e. The fourth-order valence-electron chi connectivity index (χ4n) is 3.01. The van der Waals surface area contributed by atoms with Crippen molar-refractivity contribution in [3.05, 3.63) is 82.0 Å². The zero-order valence-electron chi connectivity index (χ0n) is 16.6. The van der Waals surface area contributed by atoms with Gasteiger partial charge in [-0.3, -0.25) is 15.0 Å². The summed E-state index contributed by atoms with van der Waals surface area (Å²) in [5, 5.41) is 9.54. The van der Waals surface area contributed by atoms with Crippen LogP contribution < -0.4 is 16.1 Å². The first kappa shape index (κ1) is 20.4. The molecule has 4 aromatic rings. The number of primary sulfonamides is 1. The summed E-state index contributed by atoms with van der Waals surface area (Å²) in [5.74, 6) is -0.620. The number of rotatable bonds is 4. The first-order chi connectivity index (χ1) is 14.6. The highest BCUT2D eigenvalue weighted by Crippen LogP contribution is 2.17. The van der Waals surface area contributed by atoms with Gasteiger partial charge in [-0.2, -0.15) is 5.10 Å². The molecule has 3 N–H and O–H groups in total. The van der Waals surface area contributed by atoms with Gasteiger partial charge in [0.15, 0.2) is 5.65 Å². The van der Waals surface area contributed by atoms with Crippen LogP contribution in [0, 0.1) is 13.8 Å². The Hall–Kier alpha value is -3.83. The molecule has 2 aromatic heterocycles. The molecule has 0 aliphatic carbocycles. The highest BCUT2D eigenvalue weighted by atomic mass is 32.2. The van der Waals surface area contributed by atoms with Gasteiger partial charge < -0.3 is 0 Å². The number of hydrogen-bond donors (Lipinski definition) is 2. The van der Waals surface area contributed by atoms with Crippen LogP contribution in [0.4, 0.5) is 0 Å². The van der Waals surface area contributed by atoms with Gasteiger partial charge in [-0.25, -0.2) is 27.9 Å². The van der Waals surface area contributed by atoms with Gasteiger partial charge in [0.05, 0.1) is 16.8 Å². The van der Waals surface area contributed by atoms with E-state index in [4.69, 9.17) is 5.14 Å². The van der Waals surface area contributed by atoms with E-state index in [0.29, 0.717) is 5.65 Å². The van der Waals surface area contributed by atoms with Gasteiger partial charge in [0.25, 0.3) is 11.5 Å². The molecule has 0 unspecified atom stereocenters. The maximum absolute atomic E-state index is 12.8. The molecule has 0 atom stereocenters. The van der Waals surface area contributed by atoms with E-state index in [1.807, 2.05) is 32.0 Å². The topological polar surface area (TPSA) is 142 Å². The molecule has 0 spiro atoms. The Labute approximate surface area is 177 Å². The number of nitrogens with one attached hydrogen (secondary N) is 1. The summed E-state index contributed by atoms with van der Waals surface area (Å²) in [5.41, 5.74) is 5.40. The van der Waals surface area contributed by atoms with Crippen molar-refractivity contribution in [3.63, 3.8) is 0 Å². The van der Waals surface area contributed by atoms with Crippen molar-refractivity contribution in [1.29, 1.82) is 0 Å². The minimum atomic E-state index is -3.87. The van der Waals surface area contributed by atoms with Crippen molar-refractivity contribution in [2.45, 2.75) is 18.7 Å². The first-order valence-corrected chi connectivity index (χ1v) is 10.7. The van der Waals surface area contributed by atoms with E-state index in [-0.39, 0.29) is 15.8 Å². The molecule has 0 radical (unpaired) electrons. The van der Waals surface area contributed by atoms with Gasteiger partial charge in [0.2, 0.25) is 10.0 Å². The molecule has 0 fully saturated rings. The third kappa shape index (κ3) is 3.83. The molecule has 158 valence electrons. The summed E-state index contributed by atoms with van der Waals surface area (Å²) in [6.45, 7) is 3.98. The summed E-state index contributed by atoms with van der Waals surface area (Å²) in [6, 6.07) is 10.8. The maximum Gasteiger partial charge on any atom is 0.283 e. The Balaban J connectivity index is 1.65. The highest BCUT2D eigenvalue weighted by molar-refractivity contribution is 7.89. The van der Waals surface area contributed by atoms with Crippen molar-refractivity contribution in [2.75, 3.05) is 5.43 Å². The number of carbonyl (C=O) groups excluding carboxylic acids is 1. The van der Waals surface area contributed by atoms with E-state index < -0.39 is 21.5 Å². The van der Waals surface area contributed by atoms with E-state index in [2.05, 4.69) is 15.5 Å². The number of benzene rings is 2. The Morgan fingerprint density at radius 2 is 1.77 bits per heavy atom. The van der Waals surface area contributed by atoms with Gasteiger partial charge in [0.1, 0.15) is 11.7 Å². The largest absolute Gasteiger partial charge is 0.283 e. The van der Waals surface area contributed by atoms with Crippen LogP contribution in [0.1, 0.15) is 21.5 Å². The number of aromatic nitrogens is 4. The first-order valence-electron chi connectivity index (χ1n) is 9.12. The van der Waals surface area contributed by atoms with Crippen LogP contribution in [0.15, 0.2) is 64.7 Å². The number of fused-ring (bicyclic) bond motifs is 1. The standard InChI is InChI=1S/C20H18N6O4S/c1-12-3-6-15(9-13(12)2)26-18-17(10-23-26)20(28)25(11-22-18)24-19(27)14-4-7-16(8-5-14)31(21,29)30/h3-11H,1-2H3,(H,24,27)(H2,21,29,30). The molecular weight excluding hydrogens is 420 g/mol. The molecule has 2 aromatic carbocycles. The second-order valence-corrected chi connectivity index (χ2v) is 8.55. The average Bonchev–Trinajstić information content (AvgIpc) is 3.16. The Morgan fingerprint density at radius 1 is 1.06 bits per heavy atom. The van der Waals surface area contributed by atoms with Crippen LogP contribution in [0.5, 0.6) is 0 Å². The molecule has 1 amide bonds. The van der Waals surface area contributed by atoms with Crippen molar-refractivity contribution < 1.29 is 13.2 Å². The van der Waals surface area contributed by atoms with Gasteiger partial charge in [-0.15, -0.1) is 0 Å². The van der Waals surface area contributed by atoms with Crippen molar-refractivity contribution in [3.8, 4) is 5.69 Å². The predicted octanol–water partition coefficient (Wildman–Crippen LogP) is 1.23. The minimum absolute atomic E-state index is 0.122. The summed E-state index contributed by atoms with van der Waals surface area (Å²) in [4.78, 5) is 29.4. The Kier molecular flexibility index (Phi) is 4.91. The fourth-order valence-corrected chi connectivity index (χ4v) is 3.52. The number of nitrogens with zero attached hydrogens (tertiary/aromatic N) is 4. The number of carbonyl (C=O) groups is 1. The summed E-state index contributed by atoms with van der Waals surface area (Å²) < 4.78 is 25.2. The molecule has 0 saturated heterocycles. The lowest BCUT2D eigenvalue weighted by Crippen LogP contribution is -2.33. The Bertz CT molecular complexity index is 1490. The maximum atomic E-state index is 12.8. The molecule has 31 heavy (non-hydrogen) atoms. The van der Waals surface area contributed by atoms with E-state index in [1.54, 1.807) is 4.68 Å². The third-order valence-electron chi connectivity index (χ3n) is 4.89. The van der Waals surface area contributed by atoms with Crippen molar-refractivity contribution >= 4 is 27.0 Å². The van der Waals surface area contributed by atoms with E-state index in [0.717, 1.165) is 21.5 Å². The molecule has 11 heteroatoms. The van der Waals surface area contributed by atoms with E-state index in [1.165, 1.54) is 36.8 Å². The molecule has 2 heterocycles. The van der Waals surface area contributed by atoms with Crippen LogP contribution in [-0.2, 0) is 10.0 Å². The average molecular weight is 438 g/mol. The summed E-state index contributed by atoms with van der Waals surface area (Å²) >= 11 is 0. The molecule has 0 aliphatic heterocycles. The quantitative estimate of drug-likeness (QED) is 0.491. The zero-order chi connectivity index (χ0) is 22.3. The number of amides is 1. The number of nitrogens with two attached hydrogens (primary N) is 1. The van der Waals surface area contributed by atoms with Gasteiger partial charge in [-0.1, -0.05) is 6.07 Å². The smallest absolute Gasteiger partial charge is 0.267 e. The van der Waals surface area contributed by atoms with E-state index >= 15 is 0 Å². The lowest BCUT2D eigenvalue weighted by molar-refractivity contribution is 0.101. The van der Waals surface area contributed by atoms with Gasteiger partial charge >= 0.3 is 0 Å². The number of hydrogen-bond acceptors (Lipinski definition) is 6.